The number of hydrogen-bond acceptors (Lipinski definition) is 2. The van der Waals surface area contributed by atoms with Crippen molar-refractivity contribution >= 4 is 17.3 Å². The maximum atomic E-state index is 5.08. The van der Waals surface area contributed by atoms with Crippen molar-refractivity contribution in [2.75, 3.05) is 21.1 Å². The average Bonchev–Trinajstić information content (AvgIpc) is 2.18. The highest BCUT2D eigenvalue weighted by Crippen LogP contribution is 2.21. The van der Waals surface area contributed by atoms with Gasteiger partial charge in [0.25, 0.3) is 0 Å². The van der Waals surface area contributed by atoms with E-state index >= 15 is 0 Å². The van der Waals surface area contributed by atoms with Gasteiger partial charge in [0.1, 0.15) is 0 Å². The molecule has 0 amide bonds. The third kappa shape index (κ3) is 3.42. The summed E-state index contributed by atoms with van der Waals surface area (Å²) < 4.78 is 0. The largest absolute Gasteiger partial charge is 0.366 e. The zero-order chi connectivity index (χ0) is 10.6. The maximum Gasteiger partial charge on any atom is 0.166 e. The predicted molar refractivity (Wildman–Crippen MR) is 64.5 cm³/mol. The second-order valence-corrected chi connectivity index (χ2v) is 4.60. The van der Waals surface area contributed by atoms with Crippen LogP contribution in [-0.4, -0.2) is 43.2 Å². The summed E-state index contributed by atoms with van der Waals surface area (Å²) in [6, 6.07) is 1.34. The van der Waals surface area contributed by atoms with Crippen LogP contribution in [-0.2, 0) is 0 Å². The van der Waals surface area contributed by atoms with E-state index in [1.807, 2.05) is 7.05 Å². The van der Waals surface area contributed by atoms with Gasteiger partial charge >= 0.3 is 0 Å². The Hall–Kier alpha value is -0.350. The van der Waals surface area contributed by atoms with Crippen LogP contribution in [0.2, 0.25) is 0 Å². The van der Waals surface area contributed by atoms with E-state index in [1.165, 1.54) is 25.7 Å². The van der Waals surface area contributed by atoms with Crippen molar-refractivity contribution in [2.24, 2.45) is 0 Å². The number of rotatable bonds is 2. The average molecular weight is 215 g/mol. The highest BCUT2D eigenvalue weighted by Gasteiger charge is 2.22. The first kappa shape index (κ1) is 11.7. The second kappa shape index (κ2) is 5.51. The van der Waals surface area contributed by atoms with Gasteiger partial charge in [0.05, 0.1) is 0 Å². The zero-order valence-electron chi connectivity index (χ0n) is 9.34. The lowest BCUT2D eigenvalue weighted by atomic mass is 9.91. The Morgan fingerprint density at radius 3 is 2.21 bits per heavy atom. The highest BCUT2D eigenvalue weighted by atomic mass is 32.1. The molecule has 0 unspecified atom stereocenters. The molecule has 0 atom stereocenters. The van der Waals surface area contributed by atoms with E-state index < -0.39 is 0 Å². The minimum absolute atomic E-state index is 0.575. The van der Waals surface area contributed by atoms with Gasteiger partial charge in [-0.2, -0.15) is 0 Å². The predicted octanol–water partition coefficient (Wildman–Crippen LogP) is 0.953. The van der Waals surface area contributed by atoms with E-state index in [1.54, 1.807) is 0 Å². The summed E-state index contributed by atoms with van der Waals surface area (Å²) in [6.45, 7) is 0. The van der Waals surface area contributed by atoms with Gasteiger partial charge in [0, 0.05) is 19.1 Å². The summed E-state index contributed by atoms with van der Waals surface area (Å²) in [5, 5.41) is 7.06. The summed E-state index contributed by atoms with van der Waals surface area (Å²) in [5.74, 6) is 0. The number of thiocarbonyl (C=S) groups is 1. The summed E-state index contributed by atoms with van der Waals surface area (Å²) in [5.41, 5.74) is 0. The van der Waals surface area contributed by atoms with Crippen LogP contribution in [0.4, 0.5) is 0 Å². The normalized spacial score (nSPS) is 27.4. The molecule has 3 nitrogen and oxygen atoms in total. The molecule has 1 aliphatic rings. The molecular formula is C10H21N3S. The second-order valence-electron chi connectivity index (χ2n) is 4.19. The third-order valence-electron chi connectivity index (χ3n) is 2.99. The minimum atomic E-state index is 0.575. The van der Waals surface area contributed by atoms with Gasteiger partial charge in [0.2, 0.25) is 0 Å². The fraction of sp³-hybridized carbons (Fsp3) is 0.900. The highest BCUT2D eigenvalue weighted by molar-refractivity contribution is 7.80. The van der Waals surface area contributed by atoms with E-state index in [0.29, 0.717) is 6.04 Å². The van der Waals surface area contributed by atoms with Gasteiger partial charge in [-0.3, -0.25) is 0 Å². The van der Waals surface area contributed by atoms with Crippen LogP contribution in [0.3, 0.4) is 0 Å². The SMILES string of the molecule is CNC(=S)N[C@H]1CC[C@H](N(C)C)CC1. The molecule has 4 heteroatoms. The first-order chi connectivity index (χ1) is 6.63. The number of nitrogens with zero attached hydrogens (tertiary/aromatic N) is 1. The Balaban J connectivity index is 2.25. The lowest BCUT2D eigenvalue weighted by Crippen LogP contribution is -2.44. The molecule has 82 valence electrons. The van der Waals surface area contributed by atoms with Gasteiger partial charge < -0.3 is 15.5 Å². The Morgan fingerprint density at radius 2 is 1.79 bits per heavy atom. The van der Waals surface area contributed by atoms with Crippen molar-refractivity contribution in [1.29, 1.82) is 0 Å². The van der Waals surface area contributed by atoms with E-state index in [9.17, 15) is 0 Å². The molecule has 2 N–H and O–H groups in total. The molecular weight excluding hydrogens is 194 g/mol. The van der Waals surface area contributed by atoms with Crippen molar-refractivity contribution in [3.05, 3.63) is 0 Å². The van der Waals surface area contributed by atoms with Gasteiger partial charge in [0.15, 0.2) is 5.11 Å². The molecule has 1 aliphatic carbocycles. The van der Waals surface area contributed by atoms with E-state index in [-0.39, 0.29) is 0 Å². The summed E-state index contributed by atoms with van der Waals surface area (Å²) in [6.07, 6.45) is 5.00. The fourth-order valence-electron chi connectivity index (χ4n) is 1.99. The monoisotopic (exact) mass is 215 g/mol. The first-order valence-electron chi connectivity index (χ1n) is 5.28. The molecule has 14 heavy (non-hydrogen) atoms. The molecule has 0 aromatic carbocycles. The van der Waals surface area contributed by atoms with Gasteiger partial charge in [-0.1, -0.05) is 0 Å². The van der Waals surface area contributed by atoms with Gasteiger partial charge in [-0.05, 0) is 52.0 Å². The standard InChI is InChI=1S/C10H21N3S/c1-11-10(14)12-8-4-6-9(7-5-8)13(2)3/h8-9H,4-7H2,1-3H3,(H2,11,12,14)/t8-,9-. The minimum Gasteiger partial charge on any atom is -0.366 e. The zero-order valence-corrected chi connectivity index (χ0v) is 10.2. The van der Waals surface area contributed by atoms with Crippen molar-refractivity contribution in [2.45, 2.75) is 37.8 Å². The van der Waals surface area contributed by atoms with E-state index in [0.717, 1.165) is 11.2 Å². The Kier molecular flexibility index (Phi) is 4.62. The molecule has 0 radical (unpaired) electrons. The van der Waals surface area contributed by atoms with Crippen LogP contribution < -0.4 is 10.6 Å². The van der Waals surface area contributed by atoms with E-state index in [4.69, 9.17) is 12.2 Å². The summed E-state index contributed by atoms with van der Waals surface area (Å²) in [4.78, 5) is 2.33. The maximum absolute atomic E-state index is 5.08. The van der Waals surface area contributed by atoms with E-state index in [2.05, 4.69) is 29.6 Å². The number of hydrogen-bond donors (Lipinski definition) is 2. The van der Waals surface area contributed by atoms with Crippen LogP contribution in [0, 0.1) is 0 Å². The van der Waals surface area contributed by atoms with Crippen molar-refractivity contribution < 1.29 is 0 Å². The fourth-order valence-corrected chi connectivity index (χ4v) is 2.16. The first-order valence-corrected chi connectivity index (χ1v) is 5.69. The molecule has 0 bridgehead atoms. The molecule has 0 aromatic heterocycles. The van der Waals surface area contributed by atoms with Crippen LogP contribution >= 0.6 is 12.2 Å². The Labute approximate surface area is 92.2 Å². The van der Waals surface area contributed by atoms with Crippen molar-refractivity contribution in [1.82, 2.24) is 15.5 Å². The molecule has 0 aromatic rings. The smallest absolute Gasteiger partial charge is 0.166 e. The van der Waals surface area contributed by atoms with Gasteiger partial charge in [-0.15, -0.1) is 0 Å². The molecule has 0 saturated heterocycles. The van der Waals surface area contributed by atoms with Crippen molar-refractivity contribution in [3.63, 3.8) is 0 Å². The Bertz CT molecular complexity index is 186. The molecule has 1 saturated carbocycles. The molecule has 1 fully saturated rings. The van der Waals surface area contributed by atoms with Crippen LogP contribution in [0.5, 0.6) is 0 Å². The van der Waals surface area contributed by atoms with Gasteiger partial charge in [-0.25, -0.2) is 0 Å². The lowest BCUT2D eigenvalue weighted by molar-refractivity contribution is 0.211. The molecule has 0 aliphatic heterocycles. The van der Waals surface area contributed by atoms with Crippen LogP contribution in [0.1, 0.15) is 25.7 Å². The van der Waals surface area contributed by atoms with Crippen molar-refractivity contribution in [3.8, 4) is 0 Å². The molecule has 0 heterocycles. The molecule has 0 spiro atoms. The quantitative estimate of drug-likeness (QED) is 0.671. The topological polar surface area (TPSA) is 27.3 Å². The summed E-state index contributed by atoms with van der Waals surface area (Å²) >= 11 is 5.08. The van der Waals surface area contributed by atoms with Crippen LogP contribution in [0.15, 0.2) is 0 Å². The Morgan fingerprint density at radius 1 is 1.21 bits per heavy atom. The van der Waals surface area contributed by atoms with Crippen LogP contribution in [0.25, 0.3) is 0 Å². The third-order valence-corrected chi connectivity index (χ3v) is 3.31. The molecule has 1 rings (SSSR count). The number of nitrogens with one attached hydrogen (secondary N) is 2. The summed E-state index contributed by atoms with van der Waals surface area (Å²) in [7, 11) is 6.19. The lowest BCUT2D eigenvalue weighted by Gasteiger charge is -2.33.